The summed E-state index contributed by atoms with van der Waals surface area (Å²) >= 11 is 1.56. The zero-order valence-corrected chi connectivity index (χ0v) is 18.5. The number of nitrogens with one attached hydrogen (secondary N) is 1. The van der Waals surface area contributed by atoms with Crippen molar-refractivity contribution in [3.05, 3.63) is 68.4 Å². The van der Waals surface area contributed by atoms with Crippen molar-refractivity contribution < 1.29 is 14.3 Å². The number of hydrogen-bond donors (Lipinski definition) is 1. The van der Waals surface area contributed by atoms with Gasteiger partial charge in [-0.2, -0.15) is 5.26 Å². The molecule has 0 aromatic carbocycles. The monoisotopic (exact) mass is 412 g/mol. The fourth-order valence-electron chi connectivity index (χ4n) is 3.09. The Hall–Kier alpha value is -2.65. The van der Waals surface area contributed by atoms with E-state index in [4.69, 9.17) is 9.47 Å². The maximum absolute atomic E-state index is 11.7. The second-order valence-corrected chi connectivity index (χ2v) is 7.59. The smallest absolute Gasteiger partial charge is 0.310 e. The molecule has 2 bridgehead atoms. The molecule has 154 valence electrons. The summed E-state index contributed by atoms with van der Waals surface area (Å²) in [4.78, 5) is 12.8. The van der Waals surface area contributed by atoms with Gasteiger partial charge in [0.1, 0.15) is 12.4 Å². The lowest BCUT2D eigenvalue weighted by Crippen LogP contribution is -2.30. The predicted molar refractivity (Wildman–Crippen MR) is 117 cm³/mol. The minimum atomic E-state index is -0.308. The van der Waals surface area contributed by atoms with Crippen LogP contribution in [0.3, 0.4) is 0 Å². The SMILES string of the molecule is CC.COC(=O)CC1=CSC2=CC(OCC3=CC=C(C)NC3C)=CC(C#N)=C1C2. The number of rotatable bonds is 5. The van der Waals surface area contributed by atoms with Crippen molar-refractivity contribution in [2.75, 3.05) is 13.7 Å². The van der Waals surface area contributed by atoms with Gasteiger partial charge in [0.05, 0.1) is 25.2 Å². The summed E-state index contributed by atoms with van der Waals surface area (Å²) in [5.41, 5.74) is 4.53. The summed E-state index contributed by atoms with van der Waals surface area (Å²) in [5, 5.41) is 14.9. The van der Waals surface area contributed by atoms with Gasteiger partial charge in [-0.25, -0.2) is 0 Å². The Morgan fingerprint density at radius 3 is 2.76 bits per heavy atom. The fourth-order valence-corrected chi connectivity index (χ4v) is 4.02. The molecular formula is C23H28N2O3S. The van der Waals surface area contributed by atoms with E-state index in [2.05, 4.69) is 24.4 Å². The second-order valence-electron chi connectivity index (χ2n) is 6.60. The molecule has 1 aliphatic carbocycles. The lowest BCUT2D eigenvalue weighted by molar-refractivity contribution is -0.139. The first-order chi connectivity index (χ1) is 14.0. The standard InChI is InChI=1S/C21H22N2O3S.C2H6/c1-13-4-5-15(14(2)23-13)11-26-18-6-16(10-22)20-9-19(8-18)27-12-17(20)7-21(24)25-3;1-2/h4-6,8,12,14,23H,7,9,11H2,1-3H3;1-2H3. The van der Waals surface area contributed by atoms with Gasteiger partial charge >= 0.3 is 5.97 Å². The molecule has 0 fully saturated rings. The van der Waals surface area contributed by atoms with E-state index in [1.165, 1.54) is 7.11 Å². The van der Waals surface area contributed by atoms with Crippen molar-refractivity contribution in [1.29, 1.82) is 5.26 Å². The van der Waals surface area contributed by atoms with Crippen molar-refractivity contribution in [1.82, 2.24) is 5.32 Å². The Labute approximate surface area is 177 Å². The minimum absolute atomic E-state index is 0.170. The summed E-state index contributed by atoms with van der Waals surface area (Å²) in [5.74, 6) is 0.356. The lowest BCUT2D eigenvalue weighted by Gasteiger charge is -2.23. The van der Waals surface area contributed by atoms with Crippen LogP contribution in [-0.4, -0.2) is 25.7 Å². The van der Waals surface area contributed by atoms with Gasteiger partial charge < -0.3 is 14.8 Å². The molecule has 2 aliphatic heterocycles. The number of methoxy groups -OCH3 is 1. The van der Waals surface area contributed by atoms with E-state index in [1.54, 1.807) is 17.8 Å². The first-order valence-corrected chi connectivity index (χ1v) is 10.6. The highest BCUT2D eigenvalue weighted by molar-refractivity contribution is 8.05. The van der Waals surface area contributed by atoms with Crippen LogP contribution in [0.4, 0.5) is 0 Å². The molecule has 29 heavy (non-hydrogen) atoms. The number of nitriles is 1. The molecule has 5 nitrogen and oxygen atoms in total. The van der Waals surface area contributed by atoms with Crippen LogP contribution < -0.4 is 5.32 Å². The van der Waals surface area contributed by atoms with Gasteiger partial charge in [-0.15, -0.1) is 11.8 Å². The van der Waals surface area contributed by atoms with Crippen LogP contribution in [0.2, 0.25) is 0 Å². The average molecular weight is 413 g/mol. The number of carbonyl (C=O) groups excluding carboxylic acids is 1. The molecule has 0 aromatic rings. The molecule has 1 N–H and O–H groups in total. The number of allylic oxidation sites excluding steroid dienone is 8. The highest BCUT2D eigenvalue weighted by atomic mass is 32.2. The van der Waals surface area contributed by atoms with Gasteiger partial charge in [0.2, 0.25) is 0 Å². The van der Waals surface area contributed by atoms with E-state index in [1.807, 2.05) is 38.3 Å². The van der Waals surface area contributed by atoms with Gasteiger partial charge in [-0.05, 0) is 59.1 Å². The van der Waals surface area contributed by atoms with Crippen LogP contribution in [0.15, 0.2) is 68.4 Å². The molecule has 0 aromatic heterocycles. The zero-order valence-electron chi connectivity index (χ0n) is 17.7. The molecule has 6 heteroatoms. The number of ether oxygens (including phenoxy) is 2. The fraction of sp³-hybridized carbons (Fsp3) is 0.391. The van der Waals surface area contributed by atoms with E-state index in [-0.39, 0.29) is 18.4 Å². The van der Waals surface area contributed by atoms with E-state index < -0.39 is 0 Å². The molecule has 3 aliphatic rings. The normalized spacial score (nSPS) is 20.1. The molecule has 0 amide bonds. The maximum Gasteiger partial charge on any atom is 0.310 e. The molecule has 1 unspecified atom stereocenters. The number of hydrogen-bond acceptors (Lipinski definition) is 6. The average Bonchev–Trinajstić information content (AvgIpc) is 2.87. The van der Waals surface area contributed by atoms with Crippen LogP contribution in [0, 0.1) is 11.3 Å². The van der Waals surface area contributed by atoms with Crippen LogP contribution >= 0.6 is 11.8 Å². The Morgan fingerprint density at radius 1 is 1.34 bits per heavy atom. The Morgan fingerprint density at radius 2 is 2.10 bits per heavy atom. The van der Waals surface area contributed by atoms with Crippen LogP contribution in [0.25, 0.3) is 0 Å². The molecule has 1 atom stereocenters. The van der Waals surface area contributed by atoms with E-state index in [0.29, 0.717) is 24.4 Å². The third-order valence-corrected chi connectivity index (χ3v) is 5.61. The maximum atomic E-state index is 11.7. The summed E-state index contributed by atoms with van der Waals surface area (Å²) in [6.45, 7) is 8.58. The molecule has 2 heterocycles. The van der Waals surface area contributed by atoms with Crippen LogP contribution in [0.1, 0.15) is 40.5 Å². The third-order valence-electron chi connectivity index (χ3n) is 4.64. The second kappa shape index (κ2) is 10.8. The van der Waals surface area contributed by atoms with Crippen molar-refractivity contribution >= 4 is 17.7 Å². The minimum Gasteiger partial charge on any atom is -0.489 e. The Bertz CT molecular complexity index is 882. The van der Waals surface area contributed by atoms with Crippen molar-refractivity contribution in [3.63, 3.8) is 0 Å². The number of fused-ring (bicyclic) bond motifs is 2. The Balaban J connectivity index is 0.00000145. The van der Waals surface area contributed by atoms with Gasteiger partial charge in [0.15, 0.2) is 0 Å². The van der Waals surface area contributed by atoms with Gasteiger partial charge in [0.25, 0.3) is 0 Å². The molecular weight excluding hydrogens is 384 g/mol. The van der Waals surface area contributed by atoms with Gasteiger partial charge in [0, 0.05) is 18.2 Å². The first kappa shape index (κ1) is 22.6. The third kappa shape index (κ3) is 5.91. The highest BCUT2D eigenvalue weighted by Gasteiger charge is 2.23. The van der Waals surface area contributed by atoms with E-state index in [0.717, 1.165) is 27.3 Å². The van der Waals surface area contributed by atoms with Crippen molar-refractivity contribution in [2.45, 2.75) is 46.6 Å². The molecule has 0 spiro atoms. The number of nitrogens with zero attached hydrogens (tertiary/aromatic N) is 1. The van der Waals surface area contributed by atoms with E-state index >= 15 is 0 Å². The van der Waals surface area contributed by atoms with Gasteiger partial charge in [-0.3, -0.25) is 4.79 Å². The largest absolute Gasteiger partial charge is 0.489 e. The predicted octanol–water partition coefficient (Wildman–Crippen LogP) is 5.04. The van der Waals surface area contributed by atoms with Crippen LogP contribution in [-0.2, 0) is 14.3 Å². The molecule has 0 saturated heterocycles. The Kier molecular flexibility index (Phi) is 8.41. The zero-order chi connectivity index (χ0) is 21.4. The lowest BCUT2D eigenvalue weighted by atomic mass is 9.96. The quantitative estimate of drug-likeness (QED) is 0.638. The molecule has 0 radical (unpaired) electrons. The molecule has 0 saturated carbocycles. The summed E-state index contributed by atoms with van der Waals surface area (Å²) in [7, 11) is 1.37. The molecule has 3 rings (SSSR count). The number of esters is 1. The highest BCUT2D eigenvalue weighted by Crippen LogP contribution is 2.41. The van der Waals surface area contributed by atoms with E-state index in [9.17, 15) is 10.1 Å². The summed E-state index contributed by atoms with van der Waals surface area (Å²) in [6, 6.07) is 2.47. The summed E-state index contributed by atoms with van der Waals surface area (Å²) < 4.78 is 10.8. The van der Waals surface area contributed by atoms with Crippen LogP contribution in [0.5, 0.6) is 0 Å². The van der Waals surface area contributed by atoms with Gasteiger partial charge in [-0.1, -0.05) is 19.9 Å². The first-order valence-electron chi connectivity index (χ1n) is 9.75. The topological polar surface area (TPSA) is 71.3 Å². The number of thioether (sulfide) groups is 1. The number of dihydropyridines is 1. The van der Waals surface area contributed by atoms with Crippen molar-refractivity contribution in [3.8, 4) is 6.07 Å². The number of carbonyl (C=O) groups is 1. The summed E-state index contributed by atoms with van der Waals surface area (Å²) in [6.07, 6.45) is 8.65. The van der Waals surface area contributed by atoms with Crippen molar-refractivity contribution in [2.24, 2.45) is 0 Å².